The first-order valence-electron chi connectivity index (χ1n) is 3.81. The van der Waals surface area contributed by atoms with E-state index in [4.69, 9.17) is 0 Å². The Kier molecular flexibility index (Phi) is 1.13. The first-order valence-corrected chi connectivity index (χ1v) is 3.81. The fourth-order valence-electron chi connectivity index (χ4n) is 1.79. The largest absolute Gasteiger partial charge is 0.341 e. The molecular formula is C7H12N2O. The van der Waals surface area contributed by atoms with E-state index >= 15 is 0 Å². The predicted octanol–water partition coefficient (Wildman–Crippen LogP) is 0.420. The van der Waals surface area contributed by atoms with Crippen LogP contribution in [-0.2, 0) is 0 Å². The SMILES string of the molecule is CNC(=O)N1CCC2CC21. The molecule has 2 unspecified atom stereocenters. The molecule has 0 radical (unpaired) electrons. The van der Waals surface area contributed by atoms with Gasteiger partial charge >= 0.3 is 6.03 Å². The number of nitrogens with one attached hydrogen (secondary N) is 1. The maximum atomic E-state index is 11.1. The van der Waals surface area contributed by atoms with Crippen LogP contribution in [-0.4, -0.2) is 30.6 Å². The van der Waals surface area contributed by atoms with Crippen LogP contribution in [0.5, 0.6) is 0 Å². The number of urea groups is 1. The van der Waals surface area contributed by atoms with Crippen molar-refractivity contribution in [3.05, 3.63) is 0 Å². The van der Waals surface area contributed by atoms with Crippen molar-refractivity contribution in [2.75, 3.05) is 13.6 Å². The summed E-state index contributed by atoms with van der Waals surface area (Å²) in [4.78, 5) is 13.0. The molecule has 1 saturated heterocycles. The summed E-state index contributed by atoms with van der Waals surface area (Å²) in [6, 6.07) is 0.699. The number of piperidine rings is 1. The van der Waals surface area contributed by atoms with Crippen molar-refractivity contribution in [1.82, 2.24) is 10.2 Å². The summed E-state index contributed by atoms with van der Waals surface area (Å²) in [6.07, 6.45) is 2.46. The molecule has 2 amide bonds. The third kappa shape index (κ3) is 0.696. The number of amides is 2. The third-order valence-electron chi connectivity index (χ3n) is 2.50. The Bertz CT molecular complexity index is 169. The number of carbonyl (C=O) groups excluding carboxylic acids is 1. The lowest BCUT2D eigenvalue weighted by atomic mass is 10.3. The second-order valence-electron chi connectivity index (χ2n) is 3.10. The van der Waals surface area contributed by atoms with Crippen molar-refractivity contribution in [2.45, 2.75) is 18.9 Å². The highest BCUT2D eigenvalue weighted by molar-refractivity contribution is 5.75. The van der Waals surface area contributed by atoms with E-state index in [-0.39, 0.29) is 6.03 Å². The number of carbonyl (C=O) groups is 1. The van der Waals surface area contributed by atoms with Gasteiger partial charge in [-0.05, 0) is 18.8 Å². The predicted molar refractivity (Wildman–Crippen MR) is 37.7 cm³/mol. The number of rotatable bonds is 0. The van der Waals surface area contributed by atoms with Crippen molar-refractivity contribution in [3.8, 4) is 0 Å². The van der Waals surface area contributed by atoms with Crippen LogP contribution in [0.2, 0.25) is 0 Å². The van der Waals surface area contributed by atoms with Gasteiger partial charge < -0.3 is 10.2 Å². The highest BCUT2D eigenvalue weighted by atomic mass is 16.2. The van der Waals surface area contributed by atoms with Gasteiger partial charge in [-0.25, -0.2) is 4.79 Å². The average molecular weight is 140 g/mol. The summed E-state index contributed by atoms with van der Waals surface area (Å²) in [5.41, 5.74) is 0. The highest BCUT2D eigenvalue weighted by Gasteiger charge is 2.48. The van der Waals surface area contributed by atoms with Gasteiger partial charge in [0.05, 0.1) is 0 Å². The maximum Gasteiger partial charge on any atom is 0.317 e. The van der Waals surface area contributed by atoms with E-state index in [1.165, 1.54) is 12.8 Å². The van der Waals surface area contributed by atoms with Gasteiger partial charge in [-0.2, -0.15) is 0 Å². The highest BCUT2D eigenvalue weighted by Crippen LogP contribution is 2.44. The van der Waals surface area contributed by atoms with Gasteiger partial charge in [-0.3, -0.25) is 0 Å². The Morgan fingerprint density at radius 3 is 2.90 bits per heavy atom. The van der Waals surface area contributed by atoms with E-state index in [2.05, 4.69) is 5.32 Å². The smallest absolute Gasteiger partial charge is 0.317 e. The van der Waals surface area contributed by atoms with E-state index in [0.29, 0.717) is 6.04 Å². The first kappa shape index (κ1) is 6.01. The molecule has 1 aliphatic carbocycles. The van der Waals surface area contributed by atoms with Gasteiger partial charge in [0.25, 0.3) is 0 Å². The van der Waals surface area contributed by atoms with Gasteiger partial charge in [0.1, 0.15) is 0 Å². The average Bonchev–Trinajstić information content (AvgIpc) is 2.62. The summed E-state index contributed by atoms with van der Waals surface area (Å²) < 4.78 is 0. The molecule has 0 aromatic rings. The van der Waals surface area contributed by atoms with Crippen LogP contribution in [0.25, 0.3) is 0 Å². The zero-order valence-corrected chi connectivity index (χ0v) is 6.13. The normalized spacial score (nSPS) is 35.5. The fraction of sp³-hybridized carbons (Fsp3) is 0.857. The molecule has 2 atom stereocenters. The molecule has 0 aromatic heterocycles. The van der Waals surface area contributed by atoms with E-state index in [9.17, 15) is 4.79 Å². The molecular weight excluding hydrogens is 128 g/mol. The molecule has 3 nitrogen and oxygen atoms in total. The van der Waals surface area contributed by atoms with Crippen molar-refractivity contribution in [1.29, 1.82) is 0 Å². The molecule has 2 rings (SSSR count). The monoisotopic (exact) mass is 140 g/mol. The molecule has 1 N–H and O–H groups in total. The quantitative estimate of drug-likeness (QED) is 0.519. The number of likely N-dealkylation sites (tertiary alicyclic amines) is 1. The molecule has 1 saturated carbocycles. The van der Waals surface area contributed by atoms with Crippen LogP contribution in [0, 0.1) is 5.92 Å². The van der Waals surface area contributed by atoms with Crippen molar-refractivity contribution >= 4 is 6.03 Å². The number of hydrogen-bond donors (Lipinski definition) is 1. The van der Waals surface area contributed by atoms with Crippen molar-refractivity contribution < 1.29 is 4.79 Å². The second kappa shape index (κ2) is 1.87. The van der Waals surface area contributed by atoms with Crippen LogP contribution in [0.15, 0.2) is 0 Å². The van der Waals surface area contributed by atoms with Gasteiger partial charge in [0, 0.05) is 19.6 Å². The maximum absolute atomic E-state index is 11.1. The molecule has 3 heteroatoms. The Labute approximate surface area is 60.4 Å². The van der Waals surface area contributed by atoms with E-state index in [0.717, 1.165) is 12.5 Å². The van der Waals surface area contributed by atoms with E-state index in [1.54, 1.807) is 7.05 Å². The second-order valence-corrected chi connectivity index (χ2v) is 3.10. The van der Waals surface area contributed by atoms with Gasteiger partial charge in [-0.1, -0.05) is 0 Å². The Morgan fingerprint density at radius 1 is 1.70 bits per heavy atom. The topological polar surface area (TPSA) is 32.3 Å². The van der Waals surface area contributed by atoms with E-state index in [1.807, 2.05) is 4.90 Å². The Hall–Kier alpha value is -0.730. The molecule has 0 spiro atoms. The van der Waals surface area contributed by atoms with Gasteiger partial charge in [0.15, 0.2) is 0 Å². The first-order chi connectivity index (χ1) is 4.83. The summed E-state index contributed by atoms with van der Waals surface area (Å²) in [5.74, 6) is 0.845. The lowest BCUT2D eigenvalue weighted by Crippen LogP contribution is -2.37. The van der Waals surface area contributed by atoms with Crippen LogP contribution < -0.4 is 5.32 Å². The molecule has 1 aliphatic heterocycles. The Balaban J connectivity index is 1.98. The molecule has 10 heavy (non-hydrogen) atoms. The number of hydrogen-bond acceptors (Lipinski definition) is 1. The molecule has 2 fully saturated rings. The summed E-state index contributed by atoms with van der Waals surface area (Å²) in [5, 5.41) is 2.65. The lowest BCUT2D eigenvalue weighted by molar-refractivity contribution is 0.204. The van der Waals surface area contributed by atoms with Crippen LogP contribution in [0.1, 0.15) is 12.8 Å². The zero-order chi connectivity index (χ0) is 7.14. The molecule has 0 bridgehead atoms. The fourth-order valence-corrected chi connectivity index (χ4v) is 1.79. The number of nitrogens with zero attached hydrogens (tertiary/aromatic N) is 1. The molecule has 2 aliphatic rings. The summed E-state index contributed by atoms with van der Waals surface area (Å²) in [7, 11) is 1.69. The minimum absolute atomic E-state index is 0.102. The molecule has 56 valence electrons. The minimum atomic E-state index is 0.102. The summed E-state index contributed by atoms with van der Waals surface area (Å²) >= 11 is 0. The molecule has 0 aromatic carbocycles. The third-order valence-corrected chi connectivity index (χ3v) is 2.50. The summed E-state index contributed by atoms with van der Waals surface area (Å²) in [6.45, 7) is 0.967. The standard InChI is InChI=1S/C7H12N2O/c1-8-7(10)9-3-2-5-4-6(5)9/h5-6H,2-4H2,1H3,(H,8,10). The van der Waals surface area contributed by atoms with Crippen LogP contribution in [0.4, 0.5) is 4.79 Å². The Morgan fingerprint density at radius 2 is 2.50 bits per heavy atom. The molecule has 1 heterocycles. The van der Waals surface area contributed by atoms with Crippen LogP contribution >= 0.6 is 0 Å². The lowest BCUT2D eigenvalue weighted by Gasteiger charge is -2.16. The van der Waals surface area contributed by atoms with Crippen molar-refractivity contribution in [2.24, 2.45) is 5.92 Å². The van der Waals surface area contributed by atoms with E-state index < -0.39 is 0 Å². The number of fused-ring (bicyclic) bond motifs is 1. The van der Waals surface area contributed by atoms with Crippen LogP contribution in [0.3, 0.4) is 0 Å². The van der Waals surface area contributed by atoms with Crippen molar-refractivity contribution in [3.63, 3.8) is 0 Å². The van der Waals surface area contributed by atoms with Gasteiger partial charge in [-0.15, -0.1) is 0 Å². The van der Waals surface area contributed by atoms with Gasteiger partial charge in [0.2, 0.25) is 0 Å². The zero-order valence-electron chi connectivity index (χ0n) is 6.13. The minimum Gasteiger partial charge on any atom is -0.341 e.